The van der Waals surface area contributed by atoms with E-state index in [1.807, 2.05) is 31.2 Å². The van der Waals surface area contributed by atoms with Gasteiger partial charge in [-0.25, -0.2) is 9.97 Å². The second kappa shape index (κ2) is 10.1. The molecule has 0 bridgehead atoms. The number of piperidine rings is 1. The molecule has 6 nitrogen and oxygen atoms in total. The molecule has 1 saturated heterocycles. The summed E-state index contributed by atoms with van der Waals surface area (Å²) in [6, 6.07) is 7.89. The molecule has 1 aliphatic heterocycles. The minimum Gasteiger partial charge on any atom is -0.436 e. The lowest BCUT2D eigenvalue weighted by molar-refractivity contribution is -0.125. The van der Waals surface area contributed by atoms with E-state index in [-0.39, 0.29) is 11.8 Å². The first-order chi connectivity index (χ1) is 13.7. The normalized spacial score (nSPS) is 14.7. The van der Waals surface area contributed by atoms with Crippen LogP contribution in [0.2, 0.25) is 0 Å². The van der Waals surface area contributed by atoms with Crippen LogP contribution in [0.1, 0.15) is 44.6 Å². The van der Waals surface area contributed by atoms with Crippen molar-refractivity contribution in [2.45, 2.75) is 46.0 Å². The molecule has 1 aromatic carbocycles. The van der Waals surface area contributed by atoms with Gasteiger partial charge in [0.25, 0.3) is 5.88 Å². The van der Waals surface area contributed by atoms with Crippen LogP contribution in [0.3, 0.4) is 0 Å². The van der Waals surface area contributed by atoms with Crippen LogP contribution < -0.4 is 15.0 Å². The highest BCUT2D eigenvalue weighted by atomic mass is 16.5. The molecule has 1 aromatic heterocycles. The summed E-state index contributed by atoms with van der Waals surface area (Å²) in [4.78, 5) is 23.4. The second-order valence-electron chi connectivity index (χ2n) is 7.36. The van der Waals surface area contributed by atoms with Crippen LogP contribution in [-0.2, 0) is 4.79 Å². The van der Waals surface area contributed by atoms with Gasteiger partial charge in [-0.15, -0.1) is 0 Å². The van der Waals surface area contributed by atoms with Gasteiger partial charge in [-0.05, 0) is 43.9 Å². The van der Waals surface area contributed by atoms with Crippen molar-refractivity contribution in [3.05, 3.63) is 42.2 Å². The highest BCUT2D eigenvalue weighted by Gasteiger charge is 2.27. The van der Waals surface area contributed by atoms with E-state index < -0.39 is 0 Å². The van der Waals surface area contributed by atoms with Gasteiger partial charge >= 0.3 is 0 Å². The molecule has 0 radical (unpaired) electrons. The van der Waals surface area contributed by atoms with Crippen molar-refractivity contribution in [1.82, 2.24) is 15.3 Å². The van der Waals surface area contributed by atoms with Crippen LogP contribution in [0, 0.1) is 12.8 Å². The van der Waals surface area contributed by atoms with E-state index in [1.165, 1.54) is 6.42 Å². The third-order valence-electron chi connectivity index (χ3n) is 5.10. The van der Waals surface area contributed by atoms with Crippen LogP contribution in [0.15, 0.2) is 36.7 Å². The Bertz CT molecular complexity index is 773. The lowest BCUT2D eigenvalue weighted by Gasteiger charge is -2.32. The van der Waals surface area contributed by atoms with Crippen molar-refractivity contribution in [3.8, 4) is 11.6 Å². The zero-order valence-corrected chi connectivity index (χ0v) is 16.9. The molecule has 1 amide bonds. The standard InChI is InChI=1S/C22H30N4O2/c1-3-4-5-11-24-21(27)18-9-14-26(15-10-18)20-22(25-13-12-23-20)28-19-8-6-7-17(2)16-19/h6-8,12-13,16,18H,3-5,9-11,14-15H2,1-2H3,(H,24,27). The van der Waals surface area contributed by atoms with Gasteiger partial charge in [0.05, 0.1) is 0 Å². The van der Waals surface area contributed by atoms with E-state index in [9.17, 15) is 4.79 Å². The molecule has 28 heavy (non-hydrogen) atoms. The molecule has 3 rings (SSSR count). The minimum absolute atomic E-state index is 0.0793. The molecule has 0 unspecified atom stereocenters. The Hall–Kier alpha value is -2.63. The third kappa shape index (κ3) is 5.44. The lowest BCUT2D eigenvalue weighted by Crippen LogP contribution is -2.41. The summed E-state index contributed by atoms with van der Waals surface area (Å²) in [5.41, 5.74) is 1.13. The summed E-state index contributed by atoms with van der Waals surface area (Å²) < 4.78 is 6.00. The maximum absolute atomic E-state index is 12.4. The number of carbonyl (C=O) groups is 1. The summed E-state index contributed by atoms with van der Waals surface area (Å²) in [5.74, 6) is 2.27. The number of rotatable bonds is 8. The number of hydrogen-bond acceptors (Lipinski definition) is 5. The maximum atomic E-state index is 12.4. The molecule has 1 aliphatic rings. The molecule has 1 fully saturated rings. The Morgan fingerprint density at radius 1 is 1.21 bits per heavy atom. The predicted molar refractivity (Wildman–Crippen MR) is 111 cm³/mol. The SMILES string of the molecule is CCCCCNC(=O)C1CCN(c2nccnc2Oc2cccc(C)c2)CC1. The summed E-state index contributed by atoms with van der Waals surface area (Å²) in [7, 11) is 0. The summed E-state index contributed by atoms with van der Waals surface area (Å²) in [5, 5.41) is 3.08. The number of unbranched alkanes of at least 4 members (excludes halogenated alkanes) is 2. The number of aryl methyl sites for hydroxylation is 1. The highest BCUT2D eigenvalue weighted by Crippen LogP contribution is 2.31. The number of carbonyl (C=O) groups excluding carboxylic acids is 1. The number of hydrogen-bond donors (Lipinski definition) is 1. The Kier molecular flexibility index (Phi) is 7.23. The molecule has 2 heterocycles. The molecule has 0 aliphatic carbocycles. The topological polar surface area (TPSA) is 67.4 Å². The Labute approximate surface area is 167 Å². The Morgan fingerprint density at radius 2 is 2.00 bits per heavy atom. The number of nitrogens with zero attached hydrogens (tertiary/aromatic N) is 3. The van der Waals surface area contributed by atoms with Gasteiger partial charge in [0, 0.05) is 37.9 Å². The van der Waals surface area contributed by atoms with E-state index in [0.29, 0.717) is 5.88 Å². The van der Waals surface area contributed by atoms with Gasteiger partial charge in [-0.3, -0.25) is 4.79 Å². The smallest absolute Gasteiger partial charge is 0.263 e. The molecule has 0 atom stereocenters. The van der Waals surface area contributed by atoms with Crippen molar-refractivity contribution in [1.29, 1.82) is 0 Å². The number of benzene rings is 1. The van der Waals surface area contributed by atoms with Crippen molar-refractivity contribution in [2.75, 3.05) is 24.5 Å². The summed E-state index contributed by atoms with van der Waals surface area (Å²) >= 11 is 0. The second-order valence-corrected chi connectivity index (χ2v) is 7.36. The molecular formula is C22H30N4O2. The van der Waals surface area contributed by atoms with Crippen LogP contribution in [0.4, 0.5) is 5.82 Å². The van der Waals surface area contributed by atoms with Crippen LogP contribution >= 0.6 is 0 Å². The Balaban J connectivity index is 1.58. The van der Waals surface area contributed by atoms with Crippen molar-refractivity contribution >= 4 is 11.7 Å². The van der Waals surface area contributed by atoms with Gasteiger partial charge in [0.15, 0.2) is 5.82 Å². The van der Waals surface area contributed by atoms with Gasteiger partial charge < -0.3 is 15.0 Å². The Morgan fingerprint density at radius 3 is 2.75 bits per heavy atom. The van der Waals surface area contributed by atoms with E-state index in [2.05, 4.69) is 27.1 Å². The van der Waals surface area contributed by atoms with E-state index in [0.717, 1.165) is 62.4 Å². The molecule has 2 aromatic rings. The fourth-order valence-electron chi connectivity index (χ4n) is 3.48. The van der Waals surface area contributed by atoms with Crippen LogP contribution in [0.25, 0.3) is 0 Å². The molecular weight excluding hydrogens is 352 g/mol. The molecule has 6 heteroatoms. The number of anilines is 1. The first-order valence-corrected chi connectivity index (χ1v) is 10.3. The van der Waals surface area contributed by atoms with Crippen LogP contribution in [-0.4, -0.2) is 35.5 Å². The summed E-state index contributed by atoms with van der Waals surface area (Å²) in [6.45, 7) is 6.53. The predicted octanol–water partition coefficient (Wildman–Crippen LogP) is 4.10. The highest BCUT2D eigenvalue weighted by molar-refractivity contribution is 5.79. The molecule has 0 spiro atoms. The number of ether oxygens (including phenoxy) is 1. The van der Waals surface area contributed by atoms with Gasteiger partial charge in [-0.1, -0.05) is 31.9 Å². The minimum atomic E-state index is 0.0793. The average molecular weight is 383 g/mol. The first kappa shape index (κ1) is 20.1. The monoisotopic (exact) mass is 382 g/mol. The van der Waals surface area contributed by atoms with E-state index in [1.54, 1.807) is 12.4 Å². The largest absolute Gasteiger partial charge is 0.436 e. The zero-order valence-electron chi connectivity index (χ0n) is 16.9. The fraction of sp³-hybridized carbons (Fsp3) is 0.500. The number of amides is 1. The number of aromatic nitrogens is 2. The molecule has 1 N–H and O–H groups in total. The average Bonchev–Trinajstić information content (AvgIpc) is 2.72. The number of nitrogens with one attached hydrogen (secondary N) is 1. The quantitative estimate of drug-likeness (QED) is 0.696. The van der Waals surface area contributed by atoms with Crippen molar-refractivity contribution in [2.24, 2.45) is 5.92 Å². The van der Waals surface area contributed by atoms with E-state index in [4.69, 9.17) is 4.74 Å². The van der Waals surface area contributed by atoms with Gasteiger partial charge in [0.1, 0.15) is 5.75 Å². The fourth-order valence-corrected chi connectivity index (χ4v) is 3.48. The summed E-state index contributed by atoms with van der Waals surface area (Å²) in [6.07, 6.45) is 8.35. The van der Waals surface area contributed by atoms with Crippen LogP contribution in [0.5, 0.6) is 11.6 Å². The van der Waals surface area contributed by atoms with Crippen molar-refractivity contribution < 1.29 is 9.53 Å². The van der Waals surface area contributed by atoms with E-state index >= 15 is 0 Å². The van der Waals surface area contributed by atoms with Gasteiger partial charge in [-0.2, -0.15) is 0 Å². The van der Waals surface area contributed by atoms with Crippen molar-refractivity contribution in [3.63, 3.8) is 0 Å². The first-order valence-electron chi connectivity index (χ1n) is 10.3. The lowest BCUT2D eigenvalue weighted by atomic mass is 9.96. The molecule has 150 valence electrons. The maximum Gasteiger partial charge on any atom is 0.263 e. The van der Waals surface area contributed by atoms with Gasteiger partial charge in [0.2, 0.25) is 5.91 Å². The third-order valence-corrected chi connectivity index (χ3v) is 5.10. The molecule has 0 saturated carbocycles. The zero-order chi connectivity index (χ0) is 19.8.